The zero-order valence-corrected chi connectivity index (χ0v) is 10.5. The molecule has 2 atom stereocenters. The third-order valence-corrected chi connectivity index (χ3v) is 3.28. The second-order valence-electron chi connectivity index (χ2n) is 3.57. The average molecular weight is 271 g/mol. The van der Waals surface area contributed by atoms with E-state index in [4.69, 9.17) is 0 Å². The van der Waals surface area contributed by atoms with Crippen LogP contribution in [0.3, 0.4) is 0 Å². The number of halogens is 1. The Morgan fingerprint density at radius 3 is 2.60 bits per heavy atom. The summed E-state index contributed by atoms with van der Waals surface area (Å²) < 4.78 is 0.841. The fourth-order valence-electron chi connectivity index (χ4n) is 1.48. The molecular formula is C12H15BrO2. The molecule has 0 aliphatic carbocycles. The second-order valence-corrected chi connectivity index (χ2v) is 4.43. The van der Waals surface area contributed by atoms with Crippen LogP contribution in [0.1, 0.15) is 31.9 Å². The minimum Gasteiger partial charge on any atom is -0.388 e. The van der Waals surface area contributed by atoms with Crippen LogP contribution in [-0.4, -0.2) is 10.9 Å². The van der Waals surface area contributed by atoms with Gasteiger partial charge in [-0.25, -0.2) is 0 Å². The molecule has 1 N–H and O–H groups in total. The highest BCUT2D eigenvalue weighted by atomic mass is 79.9. The van der Waals surface area contributed by atoms with Crippen molar-refractivity contribution in [3.8, 4) is 0 Å². The van der Waals surface area contributed by atoms with Gasteiger partial charge in [0.05, 0.1) is 6.10 Å². The first-order valence-electron chi connectivity index (χ1n) is 5.03. The van der Waals surface area contributed by atoms with Crippen LogP contribution in [0, 0.1) is 5.92 Å². The molecule has 15 heavy (non-hydrogen) atoms. The van der Waals surface area contributed by atoms with E-state index >= 15 is 0 Å². The largest absolute Gasteiger partial charge is 0.388 e. The predicted molar refractivity (Wildman–Crippen MR) is 63.6 cm³/mol. The minimum atomic E-state index is -0.729. The molecule has 0 radical (unpaired) electrons. The van der Waals surface area contributed by atoms with Gasteiger partial charge >= 0.3 is 0 Å². The van der Waals surface area contributed by atoms with Crippen LogP contribution in [0.5, 0.6) is 0 Å². The second kappa shape index (κ2) is 5.42. The maximum atomic E-state index is 11.5. The first-order chi connectivity index (χ1) is 7.07. The monoisotopic (exact) mass is 270 g/mol. The summed E-state index contributed by atoms with van der Waals surface area (Å²) in [6.45, 7) is 3.57. The van der Waals surface area contributed by atoms with Gasteiger partial charge in [0, 0.05) is 16.8 Å². The van der Waals surface area contributed by atoms with E-state index in [0.29, 0.717) is 6.42 Å². The Balaban J connectivity index is 2.89. The van der Waals surface area contributed by atoms with Crippen LogP contribution in [0.4, 0.5) is 0 Å². The number of rotatable bonds is 4. The van der Waals surface area contributed by atoms with Crippen molar-refractivity contribution in [2.45, 2.75) is 26.4 Å². The van der Waals surface area contributed by atoms with Crippen LogP contribution in [0.15, 0.2) is 28.7 Å². The van der Waals surface area contributed by atoms with Crippen molar-refractivity contribution < 1.29 is 9.90 Å². The number of Topliss-reactive ketones (excluding diaryl/α,β-unsaturated/α-hetero) is 1. The number of carbonyl (C=O) groups is 1. The normalized spacial score (nSPS) is 14.7. The van der Waals surface area contributed by atoms with E-state index in [-0.39, 0.29) is 11.7 Å². The summed E-state index contributed by atoms with van der Waals surface area (Å²) in [4.78, 5) is 11.5. The molecule has 3 heteroatoms. The highest BCUT2D eigenvalue weighted by Crippen LogP contribution is 2.29. The lowest BCUT2D eigenvalue weighted by Gasteiger charge is -2.18. The molecular weight excluding hydrogens is 256 g/mol. The first kappa shape index (κ1) is 12.4. The van der Waals surface area contributed by atoms with E-state index in [1.165, 1.54) is 0 Å². The summed E-state index contributed by atoms with van der Waals surface area (Å²) >= 11 is 3.36. The number of hydrogen-bond donors (Lipinski definition) is 1. The number of hydrogen-bond acceptors (Lipinski definition) is 2. The molecule has 0 spiro atoms. The SMILES string of the molecule is CCC(=O)[C@H](C)[C@@H](O)c1ccccc1Br. The molecule has 1 rings (SSSR count). The Hall–Kier alpha value is -0.670. The van der Waals surface area contributed by atoms with Gasteiger partial charge in [-0.05, 0) is 11.6 Å². The molecule has 0 saturated heterocycles. The maximum absolute atomic E-state index is 11.5. The first-order valence-corrected chi connectivity index (χ1v) is 5.82. The summed E-state index contributed by atoms with van der Waals surface area (Å²) in [6.07, 6.45) is -0.268. The number of aliphatic hydroxyl groups is 1. The molecule has 0 fully saturated rings. The van der Waals surface area contributed by atoms with E-state index in [1.807, 2.05) is 31.2 Å². The molecule has 2 nitrogen and oxygen atoms in total. The van der Waals surface area contributed by atoms with E-state index in [9.17, 15) is 9.90 Å². The van der Waals surface area contributed by atoms with Crippen LogP contribution in [0.2, 0.25) is 0 Å². The van der Waals surface area contributed by atoms with Crippen molar-refractivity contribution in [3.63, 3.8) is 0 Å². The molecule has 0 aromatic heterocycles. The minimum absolute atomic E-state index is 0.0817. The van der Waals surface area contributed by atoms with Crippen molar-refractivity contribution in [2.75, 3.05) is 0 Å². The Bertz CT molecular complexity index is 349. The molecule has 1 aromatic carbocycles. The van der Waals surface area contributed by atoms with Crippen LogP contribution >= 0.6 is 15.9 Å². The topological polar surface area (TPSA) is 37.3 Å². The summed E-state index contributed by atoms with van der Waals surface area (Å²) in [5.74, 6) is -0.271. The zero-order chi connectivity index (χ0) is 11.4. The molecule has 0 saturated carbocycles. The van der Waals surface area contributed by atoms with E-state index in [0.717, 1.165) is 10.0 Å². The van der Waals surface area contributed by atoms with Gasteiger partial charge in [0.1, 0.15) is 5.78 Å². The van der Waals surface area contributed by atoms with Gasteiger partial charge in [-0.15, -0.1) is 0 Å². The van der Waals surface area contributed by atoms with Gasteiger partial charge in [0.2, 0.25) is 0 Å². The molecule has 0 unspecified atom stereocenters. The fourth-order valence-corrected chi connectivity index (χ4v) is 2.00. The standard InChI is InChI=1S/C12H15BrO2/c1-3-11(14)8(2)12(15)9-6-4-5-7-10(9)13/h4-8,12,15H,3H2,1-2H3/t8-,12+/m0/s1. The lowest BCUT2D eigenvalue weighted by Crippen LogP contribution is -2.18. The summed E-state index contributed by atoms with van der Waals surface area (Å²) in [5, 5.41) is 10.0. The number of benzene rings is 1. The van der Waals surface area contributed by atoms with E-state index < -0.39 is 6.10 Å². The van der Waals surface area contributed by atoms with Gasteiger partial charge in [0.25, 0.3) is 0 Å². The number of carbonyl (C=O) groups excluding carboxylic acids is 1. The number of aliphatic hydroxyl groups excluding tert-OH is 1. The Labute approximate surface area is 98.4 Å². The van der Waals surface area contributed by atoms with Crippen molar-refractivity contribution in [1.29, 1.82) is 0 Å². The highest BCUT2D eigenvalue weighted by molar-refractivity contribution is 9.10. The van der Waals surface area contributed by atoms with Crippen molar-refractivity contribution in [1.82, 2.24) is 0 Å². The molecule has 0 bridgehead atoms. The van der Waals surface area contributed by atoms with E-state index in [2.05, 4.69) is 15.9 Å². The highest BCUT2D eigenvalue weighted by Gasteiger charge is 2.23. The lowest BCUT2D eigenvalue weighted by molar-refractivity contribution is -0.125. The van der Waals surface area contributed by atoms with Crippen molar-refractivity contribution in [2.24, 2.45) is 5.92 Å². The predicted octanol–water partition coefficient (Wildman–Crippen LogP) is 3.10. The molecule has 0 heterocycles. The van der Waals surface area contributed by atoms with Gasteiger partial charge in [-0.2, -0.15) is 0 Å². The van der Waals surface area contributed by atoms with Gasteiger partial charge in [0.15, 0.2) is 0 Å². The van der Waals surface area contributed by atoms with E-state index in [1.54, 1.807) is 6.92 Å². The Kier molecular flexibility index (Phi) is 4.48. The summed E-state index contributed by atoms with van der Waals surface area (Å²) in [6, 6.07) is 7.43. The molecule has 0 amide bonds. The van der Waals surface area contributed by atoms with Gasteiger partial charge in [-0.1, -0.05) is 48.0 Å². The van der Waals surface area contributed by atoms with Crippen LogP contribution in [-0.2, 0) is 4.79 Å². The maximum Gasteiger partial charge on any atom is 0.138 e. The van der Waals surface area contributed by atoms with Crippen molar-refractivity contribution in [3.05, 3.63) is 34.3 Å². The average Bonchev–Trinajstić information content (AvgIpc) is 2.26. The van der Waals surface area contributed by atoms with Crippen LogP contribution in [0.25, 0.3) is 0 Å². The quantitative estimate of drug-likeness (QED) is 0.913. The van der Waals surface area contributed by atoms with Gasteiger partial charge in [-0.3, -0.25) is 4.79 Å². The fraction of sp³-hybridized carbons (Fsp3) is 0.417. The third kappa shape index (κ3) is 2.89. The molecule has 0 aliphatic heterocycles. The van der Waals surface area contributed by atoms with Gasteiger partial charge < -0.3 is 5.11 Å². The smallest absolute Gasteiger partial charge is 0.138 e. The third-order valence-electron chi connectivity index (χ3n) is 2.55. The summed E-state index contributed by atoms with van der Waals surface area (Å²) in [7, 11) is 0. The lowest BCUT2D eigenvalue weighted by atomic mass is 9.93. The van der Waals surface area contributed by atoms with Crippen LogP contribution < -0.4 is 0 Å². The molecule has 1 aromatic rings. The zero-order valence-electron chi connectivity index (χ0n) is 8.90. The Morgan fingerprint density at radius 1 is 1.47 bits per heavy atom. The molecule has 0 aliphatic rings. The molecule has 82 valence electrons. The number of ketones is 1. The summed E-state index contributed by atoms with van der Waals surface area (Å²) in [5.41, 5.74) is 0.770. The Morgan fingerprint density at radius 2 is 2.07 bits per heavy atom. The van der Waals surface area contributed by atoms with Crippen molar-refractivity contribution >= 4 is 21.7 Å².